The molecule has 1 atom stereocenters. The molecule has 0 aliphatic heterocycles. The first-order valence-electron chi connectivity index (χ1n) is 4.31. The van der Waals surface area contributed by atoms with Crippen molar-refractivity contribution in [2.24, 2.45) is 5.73 Å². The van der Waals surface area contributed by atoms with Crippen molar-refractivity contribution in [3.05, 3.63) is 29.8 Å². The van der Waals surface area contributed by atoms with Gasteiger partial charge in [-0.3, -0.25) is 0 Å². The maximum atomic E-state index is 11.8. The first-order chi connectivity index (χ1) is 7.13. The number of halogens is 3. The summed E-state index contributed by atoms with van der Waals surface area (Å²) in [6.07, 6.45) is 0.190. The second-order valence-electron chi connectivity index (χ2n) is 2.92. The van der Waals surface area contributed by atoms with Gasteiger partial charge in [-0.1, -0.05) is 12.1 Å². The number of nitriles is 1. The van der Waals surface area contributed by atoms with Crippen molar-refractivity contribution in [1.82, 2.24) is 0 Å². The molecule has 0 bridgehead atoms. The Morgan fingerprint density at radius 1 is 1.31 bits per heavy atom. The average Bonchev–Trinajstić information content (AvgIpc) is 2.18. The molecule has 88 valence electrons. The lowest BCUT2D eigenvalue weighted by Crippen LogP contribution is -2.09. The third-order valence-corrected chi connectivity index (χ3v) is 1.84. The highest BCUT2D eigenvalue weighted by atomic mass is 35.5. The summed E-state index contributed by atoms with van der Waals surface area (Å²) in [5.74, 6) is 0.0814. The van der Waals surface area contributed by atoms with E-state index in [1.54, 1.807) is 12.1 Å². The number of rotatable bonds is 4. The number of hydrogen-bond donors (Lipinski definition) is 1. The van der Waals surface area contributed by atoms with Crippen molar-refractivity contribution in [3.8, 4) is 11.8 Å². The predicted molar refractivity (Wildman–Crippen MR) is 57.5 cm³/mol. The van der Waals surface area contributed by atoms with Crippen LogP contribution < -0.4 is 10.5 Å². The van der Waals surface area contributed by atoms with Crippen molar-refractivity contribution in [2.45, 2.75) is 19.1 Å². The van der Waals surface area contributed by atoms with Crippen LogP contribution in [0, 0.1) is 11.3 Å². The molecule has 6 heteroatoms. The fourth-order valence-corrected chi connectivity index (χ4v) is 1.11. The largest absolute Gasteiger partial charge is 0.435 e. The van der Waals surface area contributed by atoms with Gasteiger partial charge in [0, 0.05) is 6.04 Å². The standard InChI is InChI=1S/C10H10F2N2O.ClH/c11-10(12)15-8-3-1-7(2-4-8)9(14)5-6-13;/h1-4,9-10H,5,14H2;1H/t9-;/m0./s1. The van der Waals surface area contributed by atoms with Crippen LogP contribution in [0.3, 0.4) is 0 Å². The first-order valence-corrected chi connectivity index (χ1v) is 4.31. The zero-order valence-corrected chi connectivity index (χ0v) is 9.08. The Morgan fingerprint density at radius 3 is 2.31 bits per heavy atom. The second kappa shape index (κ2) is 6.99. The predicted octanol–water partition coefficient (Wildman–Crippen LogP) is 2.62. The van der Waals surface area contributed by atoms with Crippen LogP contribution in [-0.4, -0.2) is 6.61 Å². The Bertz CT molecular complexity index is 351. The Labute approximate surface area is 98.2 Å². The fraction of sp³-hybridized carbons (Fsp3) is 0.300. The molecule has 0 saturated carbocycles. The summed E-state index contributed by atoms with van der Waals surface area (Å²) in [4.78, 5) is 0. The molecular weight excluding hydrogens is 238 g/mol. The Kier molecular flexibility index (Phi) is 6.38. The van der Waals surface area contributed by atoms with Crippen LogP contribution >= 0.6 is 12.4 Å². The molecule has 0 spiro atoms. The van der Waals surface area contributed by atoms with E-state index in [0.717, 1.165) is 5.56 Å². The molecule has 0 aromatic heterocycles. The maximum absolute atomic E-state index is 11.8. The third kappa shape index (κ3) is 4.43. The maximum Gasteiger partial charge on any atom is 0.387 e. The van der Waals surface area contributed by atoms with Gasteiger partial charge in [0.2, 0.25) is 0 Å². The summed E-state index contributed by atoms with van der Waals surface area (Å²) in [5.41, 5.74) is 6.37. The fourth-order valence-electron chi connectivity index (χ4n) is 1.11. The van der Waals surface area contributed by atoms with Gasteiger partial charge in [0.1, 0.15) is 5.75 Å². The lowest BCUT2D eigenvalue weighted by molar-refractivity contribution is -0.0498. The monoisotopic (exact) mass is 248 g/mol. The zero-order valence-electron chi connectivity index (χ0n) is 8.27. The number of benzene rings is 1. The molecule has 0 heterocycles. The Balaban J connectivity index is 0.00000225. The smallest absolute Gasteiger partial charge is 0.387 e. The van der Waals surface area contributed by atoms with Gasteiger partial charge in [0.05, 0.1) is 12.5 Å². The van der Waals surface area contributed by atoms with E-state index >= 15 is 0 Å². The van der Waals surface area contributed by atoms with Crippen molar-refractivity contribution >= 4 is 12.4 Å². The van der Waals surface area contributed by atoms with Crippen LogP contribution in [-0.2, 0) is 0 Å². The van der Waals surface area contributed by atoms with Crippen LogP contribution in [0.25, 0.3) is 0 Å². The lowest BCUT2D eigenvalue weighted by atomic mass is 10.1. The molecule has 0 radical (unpaired) electrons. The van der Waals surface area contributed by atoms with E-state index in [4.69, 9.17) is 11.0 Å². The minimum atomic E-state index is -2.83. The summed E-state index contributed by atoms with van der Waals surface area (Å²) in [7, 11) is 0. The van der Waals surface area contributed by atoms with Gasteiger partial charge in [-0.05, 0) is 17.7 Å². The van der Waals surface area contributed by atoms with E-state index in [1.807, 2.05) is 6.07 Å². The van der Waals surface area contributed by atoms with Gasteiger partial charge >= 0.3 is 6.61 Å². The minimum absolute atomic E-state index is 0. The molecule has 2 N–H and O–H groups in total. The van der Waals surface area contributed by atoms with E-state index in [-0.39, 0.29) is 24.6 Å². The molecular formula is C10H11ClF2N2O. The Morgan fingerprint density at radius 2 is 1.88 bits per heavy atom. The minimum Gasteiger partial charge on any atom is -0.435 e. The first kappa shape index (κ1) is 14.6. The van der Waals surface area contributed by atoms with Crippen LogP contribution in [0.5, 0.6) is 5.75 Å². The molecule has 1 rings (SSSR count). The van der Waals surface area contributed by atoms with Crippen molar-refractivity contribution < 1.29 is 13.5 Å². The van der Waals surface area contributed by atoms with Crippen molar-refractivity contribution in [3.63, 3.8) is 0 Å². The molecule has 1 aromatic rings. The van der Waals surface area contributed by atoms with Crippen LogP contribution in [0.4, 0.5) is 8.78 Å². The summed E-state index contributed by atoms with van der Waals surface area (Å²) >= 11 is 0. The normalized spacial score (nSPS) is 11.4. The molecule has 0 aliphatic rings. The molecule has 0 amide bonds. The van der Waals surface area contributed by atoms with Gasteiger partial charge in [0.25, 0.3) is 0 Å². The van der Waals surface area contributed by atoms with Gasteiger partial charge in [0.15, 0.2) is 0 Å². The number of hydrogen-bond acceptors (Lipinski definition) is 3. The van der Waals surface area contributed by atoms with Crippen LogP contribution in [0.2, 0.25) is 0 Å². The lowest BCUT2D eigenvalue weighted by Gasteiger charge is -2.09. The van der Waals surface area contributed by atoms with E-state index in [1.165, 1.54) is 12.1 Å². The summed E-state index contributed by atoms with van der Waals surface area (Å²) in [6, 6.07) is 7.48. The second-order valence-corrected chi connectivity index (χ2v) is 2.92. The molecule has 0 aliphatic carbocycles. The molecule has 3 nitrogen and oxygen atoms in total. The summed E-state index contributed by atoms with van der Waals surface area (Å²) in [6.45, 7) is -2.83. The topological polar surface area (TPSA) is 59.0 Å². The molecule has 16 heavy (non-hydrogen) atoms. The highest BCUT2D eigenvalue weighted by Crippen LogP contribution is 2.19. The van der Waals surface area contributed by atoms with Crippen LogP contribution in [0.1, 0.15) is 18.0 Å². The van der Waals surface area contributed by atoms with Crippen molar-refractivity contribution in [2.75, 3.05) is 0 Å². The summed E-state index contributed by atoms with van der Waals surface area (Å²) in [5, 5.41) is 8.42. The highest BCUT2D eigenvalue weighted by molar-refractivity contribution is 5.85. The third-order valence-electron chi connectivity index (χ3n) is 1.84. The van der Waals surface area contributed by atoms with E-state index in [0.29, 0.717) is 0 Å². The number of nitrogens with two attached hydrogens (primary N) is 1. The number of ether oxygens (including phenoxy) is 1. The molecule has 0 saturated heterocycles. The van der Waals surface area contributed by atoms with E-state index in [9.17, 15) is 8.78 Å². The van der Waals surface area contributed by atoms with Crippen molar-refractivity contribution in [1.29, 1.82) is 5.26 Å². The van der Waals surface area contributed by atoms with Gasteiger partial charge < -0.3 is 10.5 Å². The average molecular weight is 249 g/mol. The highest BCUT2D eigenvalue weighted by Gasteiger charge is 2.07. The molecule has 0 fully saturated rings. The van der Waals surface area contributed by atoms with E-state index < -0.39 is 12.7 Å². The van der Waals surface area contributed by atoms with Gasteiger partial charge in [-0.2, -0.15) is 14.0 Å². The quantitative estimate of drug-likeness (QED) is 0.891. The molecule has 1 aromatic carbocycles. The molecule has 0 unspecified atom stereocenters. The number of nitrogens with zero attached hydrogens (tertiary/aromatic N) is 1. The zero-order chi connectivity index (χ0) is 11.3. The van der Waals surface area contributed by atoms with Crippen LogP contribution in [0.15, 0.2) is 24.3 Å². The van der Waals surface area contributed by atoms with Gasteiger partial charge in [-0.15, -0.1) is 12.4 Å². The van der Waals surface area contributed by atoms with E-state index in [2.05, 4.69) is 4.74 Å². The summed E-state index contributed by atoms with van der Waals surface area (Å²) < 4.78 is 27.8. The SMILES string of the molecule is Cl.N#CC[C@H](N)c1ccc(OC(F)F)cc1. The number of alkyl halides is 2. The van der Waals surface area contributed by atoms with Gasteiger partial charge in [-0.25, -0.2) is 0 Å². The Hall–Kier alpha value is -1.38.